The molecule has 20 heavy (non-hydrogen) atoms. The lowest BCUT2D eigenvalue weighted by Crippen LogP contribution is -2.34. The van der Waals surface area contributed by atoms with Crippen molar-refractivity contribution in [2.24, 2.45) is 4.99 Å². The van der Waals surface area contributed by atoms with Gasteiger partial charge >= 0.3 is 0 Å². The van der Waals surface area contributed by atoms with E-state index in [1.807, 2.05) is 19.1 Å². The van der Waals surface area contributed by atoms with Gasteiger partial charge in [-0.05, 0) is 44.5 Å². The lowest BCUT2D eigenvalue weighted by atomic mass is 9.98. The molecule has 1 amide bonds. The fourth-order valence-corrected chi connectivity index (χ4v) is 2.34. The SMILES string of the molecule is CC(=O)CCC1(C)OC(c2cc(C)cc(Cl)c2)=NC1=O. The van der Waals surface area contributed by atoms with Gasteiger partial charge in [-0.3, -0.25) is 4.79 Å². The number of nitrogens with zero attached hydrogens (tertiary/aromatic N) is 1. The van der Waals surface area contributed by atoms with Crippen LogP contribution in [-0.2, 0) is 14.3 Å². The Labute approximate surface area is 122 Å². The number of aryl methyl sites for hydroxylation is 1. The molecule has 1 aromatic rings. The molecule has 0 saturated heterocycles. The van der Waals surface area contributed by atoms with Crippen LogP contribution in [0.25, 0.3) is 0 Å². The number of hydrogen-bond donors (Lipinski definition) is 0. The number of carbonyl (C=O) groups excluding carboxylic acids is 2. The van der Waals surface area contributed by atoms with E-state index in [1.165, 1.54) is 6.92 Å². The van der Waals surface area contributed by atoms with Crippen molar-refractivity contribution in [3.05, 3.63) is 34.3 Å². The van der Waals surface area contributed by atoms with E-state index in [2.05, 4.69) is 4.99 Å². The molecule has 0 aliphatic carbocycles. The van der Waals surface area contributed by atoms with Crippen LogP contribution in [0.3, 0.4) is 0 Å². The fraction of sp³-hybridized carbons (Fsp3) is 0.400. The molecule has 0 fully saturated rings. The van der Waals surface area contributed by atoms with Crippen molar-refractivity contribution in [3.63, 3.8) is 0 Å². The summed E-state index contributed by atoms with van der Waals surface area (Å²) in [6, 6.07) is 5.38. The number of carbonyl (C=O) groups is 2. The molecule has 5 heteroatoms. The minimum atomic E-state index is -1.06. The number of benzene rings is 1. The van der Waals surface area contributed by atoms with Gasteiger partial charge in [0, 0.05) is 23.4 Å². The molecule has 1 aromatic carbocycles. The molecule has 1 aliphatic heterocycles. The first kappa shape index (κ1) is 14.7. The Morgan fingerprint density at radius 3 is 2.70 bits per heavy atom. The summed E-state index contributed by atoms with van der Waals surface area (Å²) in [4.78, 5) is 27.0. The molecule has 0 aromatic heterocycles. The largest absolute Gasteiger partial charge is 0.461 e. The van der Waals surface area contributed by atoms with Crippen LogP contribution in [0.1, 0.15) is 37.8 Å². The van der Waals surface area contributed by atoms with E-state index in [-0.39, 0.29) is 17.6 Å². The Bertz CT molecular complexity index is 589. The van der Waals surface area contributed by atoms with Crippen molar-refractivity contribution in [1.82, 2.24) is 0 Å². The van der Waals surface area contributed by atoms with Gasteiger partial charge in [-0.2, -0.15) is 4.99 Å². The molecule has 1 heterocycles. The van der Waals surface area contributed by atoms with Crippen LogP contribution < -0.4 is 0 Å². The summed E-state index contributed by atoms with van der Waals surface area (Å²) in [6.07, 6.45) is 0.618. The highest BCUT2D eigenvalue weighted by molar-refractivity contribution is 6.31. The molecular weight excluding hydrogens is 278 g/mol. The summed E-state index contributed by atoms with van der Waals surface area (Å²) in [5.41, 5.74) is 0.579. The number of Topliss-reactive ketones (excluding diaryl/α,β-unsaturated/α-hetero) is 1. The first-order valence-corrected chi connectivity index (χ1v) is 6.77. The number of ketones is 1. The van der Waals surface area contributed by atoms with Crippen LogP contribution in [0.2, 0.25) is 5.02 Å². The zero-order chi connectivity index (χ0) is 14.9. The van der Waals surface area contributed by atoms with Gasteiger partial charge in [-0.25, -0.2) is 0 Å². The second-order valence-electron chi connectivity index (χ2n) is 5.27. The van der Waals surface area contributed by atoms with Gasteiger partial charge in [-0.1, -0.05) is 11.6 Å². The van der Waals surface area contributed by atoms with Gasteiger partial charge in [0.05, 0.1) is 0 Å². The van der Waals surface area contributed by atoms with Crippen LogP contribution in [0, 0.1) is 6.92 Å². The van der Waals surface area contributed by atoms with E-state index in [9.17, 15) is 9.59 Å². The van der Waals surface area contributed by atoms with Gasteiger partial charge in [0.15, 0.2) is 5.60 Å². The standard InChI is InChI=1S/C15H16ClNO3/c1-9-6-11(8-12(16)7-9)13-17-14(19)15(3,20-13)5-4-10(2)18/h6-8H,4-5H2,1-3H3. The number of amides is 1. The molecule has 2 rings (SSSR count). The first-order valence-electron chi connectivity index (χ1n) is 6.39. The molecule has 0 N–H and O–H groups in total. The minimum absolute atomic E-state index is 0.0228. The van der Waals surface area contributed by atoms with Gasteiger partial charge in [0.2, 0.25) is 5.90 Å². The van der Waals surface area contributed by atoms with Crippen molar-refractivity contribution in [3.8, 4) is 0 Å². The molecule has 106 valence electrons. The van der Waals surface area contributed by atoms with Crippen LogP contribution in [-0.4, -0.2) is 23.2 Å². The summed E-state index contributed by atoms with van der Waals surface area (Å²) in [5, 5.41) is 0.566. The lowest BCUT2D eigenvalue weighted by Gasteiger charge is -2.21. The fourth-order valence-electron chi connectivity index (χ4n) is 2.05. The second kappa shape index (κ2) is 5.37. The van der Waals surface area contributed by atoms with Crippen LogP contribution in [0.4, 0.5) is 0 Å². The van der Waals surface area contributed by atoms with Gasteiger partial charge in [-0.15, -0.1) is 0 Å². The molecule has 1 atom stereocenters. The maximum absolute atomic E-state index is 12.0. The number of aliphatic imine (C=N–C) groups is 1. The van der Waals surface area contributed by atoms with E-state index in [0.717, 1.165) is 5.56 Å². The summed E-state index contributed by atoms with van der Waals surface area (Å²) in [5.74, 6) is -0.0623. The Hall–Kier alpha value is -1.68. The lowest BCUT2D eigenvalue weighted by molar-refractivity contribution is -0.130. The van der Waals surface area contributed by atoms with Crippen molar-refractivity contribution in [2.75, 3.05) is 0 Å². The van der Waals surface area contributed by atoms with Gasteiger partial charge in [0.25, 0.3) is 5.91 Å². The van der Waals surface area contributed by atoms with E-state index in [1.54, 1.807) is 13.0 Å². The maximum atomic E-state index is 12.0. The minimum Gasteiger partial charge on any atom is -0.461 e. The highest BCUT2D eigenvalue weighted by Gasteiger charge is 2.42. The summed E-state index contributed by atoms with van der Waals surface area (Å²) >= 11 is 6.00. The summed E-state index contributed by atoms with van der Waals surface area (Å²) in [7, 11) is 0. The van der Waals surface area contributed by atoms with E-state index in [0.29, 0.717) is 23.4 Å². The Morgan fingerprint density at radius 2 is 2.10 bits per heavy atom. The van der Waals surface area contributed by atoms with Crippen molar-refractivity contribution < 1.29 is 14.3 Å². The van der Waals surface area contributed by atoms with Gasteiger partial charge in [0.1, 0.15) is 5.78 Å². The van der Waals surface area contributed by atoms with Crippen LogP contribution in [0.15, 0.2) is 23.2 Å². The molecule has 0 spiro atoms. The third kappa shape index (κ3) is 3.07. The smallest absolute Gasteiger partial charge is 0.292 e. The Kier molecular flexibility index (Phi) is 3.95. The molecule has 1 aliphatic rings. The Morgan fingerprint density at radius 1 is 1.40 bits per heavy atom. The van der Waals surface area contributed by atoms with Gasteiger partial charge < -0.3 is 9.53 Å². The molecule has 0 bridgehead atoms. The normalized spacial score (nSPS) is 21.6. The van der Waals surface area contributed by atoms with Crippen molar-refractivity contribution in [1.29, 1.82) is 0 Å². The topological polar surface area (TPSA) is 55.7 Å². The average Bonchev–Trinajstić information content (AvgIpc) is 2.63. The number of rotatable bonds is 4. The van der Waals surface area contributed by atoms with Crippen LogP contribution >= 0.6 is 11.6 Å². The number of halogens is 1. The van der Waals surface area contributed by atoms with E-state index in [4.69, 9.17) is 16.3 Å². The van der Waals surface area contributed by atoms with E-state index >= 15 is 0 Å². The summed E-state index contributed by atoms with van der Waals surface area (Å²) in [6.45, 7) is 5.05. The Balaban J connectivity index is 2.22. The third-order valence-electron chi connectivity index (χ3n) is 3.22. The quantitative estimate of drug-likeness (QED) is 0.857. The van der Waals surface area contributed by atoms with Crippen molar-refractivity contribution in [2.45, 2.75) is 39.2 Å². The zero-order valence-electron chi connectivity index (χ0n) is 11.7. The summed E-state index contributed by atoms with van der Waals surface area (Å²) < 4.78 is 5.70. The molecular formula is C15H16ClNO3. The molecule has 1 unspecified atom stereocenters. The molecule has 0 radical (unpaired) electrons. The predicted octanol–water partition coefficient (Wildman–Crippen LogP) is 3.08. The third-order valence-corrected chi connectivity index (χ3v) is 3.44. The molecule has 0 saturated carbocycles. The maximum Gasteiger partial charge on any atom is 0.292 e. The monoisotopic (exact) mass is 293 g/mol. The molecule has 4 nitrogen and oxygen atoms in total. The van der Waals surface area contributed by atoms with E-state index < -0.39 is 5.60 Å². The highest BCUT2D eigenvalue weighted by Crippen LogP contribution is 2.29. The zero-order valence-corrected chi connectivity index (χ0v) is 12.5. The van der Waals surface area contributed by atoms with Crippen LogP contribution in [0.5, 0.6) is 0 Å². The first-order chi connectivity index (χ1) is 9.30. The number of ether oxygens (including phenoxy) is 1. The average molecular weight is 294 g/mol. The second-order valence-corrected chi connectivity index (χ2v) is 5.71. The van der Waals surface area contributed by atoms with Crippen molar-refractivity contribution >= 4 is 29.2 Å². The predicted molar refractivity (Wildman–Crippen MR) is 77.1 cm³/mol. The highest BCUT2D eigenvalue weighted by atomic mass is 35.5. The number of hydrogen-bond acceptors (Lipinski definition) is 3.